The second kappa shape index (κ2) is 6.95. The quantitative estimate of drug-likeness (QED) is 0.477. The van der Waals surface area contributed by atoms with Crippen molar-refractivity contribution in [1.29, 1.82) is 0 Å². The van der Waals surface area contributed by atoms with Gasteiger partial charge in [-0.05, 0) is 18.6 Å². The third-order valence-electron chi connectivity index (χ3n) is 4.15. The molecular formula is C16H10N4O9. The highest BCUT2D eigenvalue weighted by Gasteiger charge is 2.36. The largest absolute Gasteiger partial charge is 0.478 e. The van der Waals surface area contributed by atoms with Gasteiger partial charge in [-0.1, -0.05) is 5.16 Å². The van der Waals surface area contributed by atoms with Gasteiger partial charge in [0.2, 0.25) is 6.10 Å². The standard InChI is InChI=1S/C16H10N4O9/c1-7(16(21)22)29-17-15-11-4-8(18(23)24)2-3-10(11)14-12(15)5-9(19(25)26)6-13(14)20(27)28/h2-7H,1H3,(H,21,22)/b17-15-. The molecule has 1 atom stereocenters. The highest BCUT2D eigenvalue weighted by molar-refractivity contribution is 6.26. The Morgan fingerprint density at radius 2 is 1.59 bits per heavy atom. The van der Waals surface area contributed by atoms with Gasteiger partial charge in [-0.2, -0.15) is 0 Å². The van der Waals surface area contributed by atoms with Crippen molar-refractivity contribution < 1.29 is 29.5 Å². The van der Waals surface area contributed by atoms with Crippen molar-refractivity contribution in [3.05, 3.63) is 71.8 Å². The van der Waals surface area contributed by atoms with Gasteiger partial charge in [0.1, 0.15) is 5.71 Å². The van der Waals surface area contributed by atoms with Gasteiger partial charge in [-0.3, -0.25) is 30.3 Å². The molecule has 0 aliphatic heterocycles. The van der Waals surface area contributed by atoms with Crippen LogP contribution in [0.25, 0.3) is 11.1 Å². The van der Waals surface area contributed by atoms with Gasteiger partial charge in [0.25, 0.3) is 17.1 Å². The van der Waals surface area contributed by atoms with Crippen molar-refractivity contribution in [3.63, 3.8) is 0 Å². The lowest BCUT2D eigenvalue weighted by Gasteiger charge is -2.06. The van der Waals surface area contributed by atoms with Crippen molar-refractivity contribution in [3.8, 4) is 11.1 Å². The summed E-state index contributed by atoms with van der Waals surface area (Å²) < 4.78 is 0. The molecule has 1 aliphatic rings. The Hall–Kier alpha value is -4.42. The number of nitro groups is 3. The average molecular weight is 402 g/mol. The Morgan fingerprint density at radius 1 is 0.966 bits per heavy atom. The molecule has 148 valence electrons. The fourth-order valence-electron chi connectivity index (χ4n) is 2.81. The summed E-state index contributed by atoms with van der Waals surface area (Å²) in [6, 6.07) is 5.25. The molecule has 2 aromatic carbocycles. The molecular weight excluding hydrogens is 392 g/mol. The second-order valence-corrected chi connectivity index (χ2v) is 5.91. The molecule has 0 amide bonds. The maximum absolute atomic E-state index is 11.5. The first-order valence-corrected chi connectivity index (χ1v) is 7.84. The van der Waals surface area contributed by atoms with E-state index >= 15 is 0 Å². The molecule has 0 fully saturated rings. The first-order chi connectivity index (χ1) is 13.6. The highest BCUT2D eigenvalue weighted by Crippen LogP contribution is 2.45. The van der Waals surface area contributed by atoms with Crippen LogP contribution >= 0.6 is 0 Å². The molecule has 1 unspecified atom stereocenters. The summed E-state index contributed by atoms with van der Waals surface area (Å²) in [6.07, 6.45) is -1.40. The summed E-state index contributed by atoms with van der Waals surface area (Å²) in [4.78, 5) is 47.3. The van der Waals surface area contributed by atoms with E-state index in [0.717, 1.165) is 24.3 Å². The lowest BCUT2D eigenvalue weighted by atomic mass is 10.0. The fraction of sp³-hybridized carbons (Fsp3) is 0.125. The maximum Gasteiger partial charge on any atom is 0.347 e. The van der Waals surface area contributed by atoms with Crippen molar-refractivity contribution >= 4 is 28.7 Å². The molecule has 29 heavy (non-hydrogen) atoms. The fourth-order valence-corrected chi connectivity index (χ4v) is 2.81. The number of carbonyl (C=O) groups is 1. The smallest absolute Gasteiger partial charge is 0.347 e. The average Bonchev–Trinajstić information content (AvgIpc) is 2.97. The molecule has 0 radical (unpaired) electrons. The number of aliphatic carboxylic acids is 1. The Bertz CT molecular complexity index is 1130. The van der Waals surface area contributed by atoms with Crippen LogP contribution in [0.3, 0.4) is 0 Å². The number of hydrogen-bond donors (Lipinski definition) is 1. The van der Waals surface area contributed by atoms with E-state index in [2.05, 4.69) is 5.16 Å². The summed E-state index contributed by atoms with van der Waals surface area (Å²) in [5.41, 5.74) is -1.61. The molecule has 0 aromatic heterocycles. The Morgan fingerprint density at radius 3 is 2.14 bits per heavy atom. The van der Waals surface area contributed by atoms with Crippen LogP contribution in [-0.2, 0) is 9.63 Å². The topological polar surface area (TPSA) is 188 Å². The monoisotopic (exact) mass is 402 g/mol. The number of nitro benzene ring substituents is 3. The van der Waals surface area contributed by atoms with Gasteiger partial charge in [-0.25, -0.2) is 4.79 Å². The van der Waals surface area contributed by atoms with E-state index in [1.165, 1.54) is 13.0 Å². The minimum Gasteiger partial charge on any atom is -0.478 e. The number of carboxylic acids is 1. The molecule has 13 heteroatoms. The van der Waals surface area contributed by atoms with E-state index in [1.54, 1.807) is 0 Å². The Kier molecular flexibility index (Phi) is 4.64. The van der Waals surface area contributed by atoms with Gasteiger partial charge in [-0.15, -0.1) is 0 Å². The molecule has 13 nitrogen and oxygen atoms in total. The number of non-ortho nitro benzene ring substituents is 2. The first-order valence-electron chi connectivity index (χ1n) is 7.84. The molecule has 0 heterocycles. The Labute approximate surface area is 160 Å². The van der Waals surface area contributed by atoms with E-state index in [1.807, 2.05) is 0 Å². The molecule has 0 saturated heterocycles. The first kappa shape index (κ1) is 19.3. The second-order valence-electron chi connectivity index (χ2n) is 5.91. The van der Waals surface area contributed by atoms with E-state index in [4.69, 9.17) is 9.94 Å². The van der Waals surface area contributed by atoms with E-state index in [9.17, 15) is 35.1 Å². The minimum absolute atomic E-state index is 0.0316. The lowest BCUT2D eigenvalue weighted by Crippen LogP contribution is -2.18. The normalized spacial score (nSPS) is 14.0. The number of hydrogen-bond acceptors (Lipinski definition) is 9. The summed E-state index contributed by atoms with van der Waals surface area (Å²) >= 11 is 0. The van der Waals surface area contributed by atoms with Gasteiger partial charge >= 0.3 is 5.97 Å². The predicted molar refractivity (Wildman–Crippen MR) is 95.7 cm³/mol. The zero-order valence-corrected chi connectivity index (χ0v) is 14.5. The zero-order chi connectivity index (χ0) is 21.5. The van der Waals surface area contributed by atoms with Crippen LogP contribution in [0.2, 0.25) is 0 Å². The van der Waals surface area contributed by atoms with Crippen molar-refractivity contribution in [1.82, 2.24) is 0 Å². The van der Waals surface area contributed by atoms with Crippen LogP contribution in [0, 0.1) is 30.3 Å². The van der Waals surface area contributed by atoms with Crippen LogP contribution in [0.15, 0.2) is 35.5 Å². The number of carboxylic acid groups (broad SMARTS) is 1. The maximum atomic E-state index is 11.5. The van der Waals surface area contributed by atoms with Crippen LogP contribution in [0.1, 0.15) is 18.1 Å². The van der Waals surface area contributed by atoms with Crippen molar-refractivity contribution in [2.75, 3.05) is 0 Å². The summed E-state index contributed by atoms with van der Waals surface area (Å²) in [7, 11) is 0. The molecule has 0 bridgehead atoms. The van der Waals surface area contributed by atoms with Crippen LogP contribution < -0.4 is 0 Å². The number of rotatable bonds is 6. The predicted octanol–water partition coefficient (Wildman–Crippen LogP) is 2.63. The number of nitrogens with zero attached hydrogens (tertiary/aromatic N) is 4. The zero-order valence-electron chi connectivity index (χ0n) is 14.5. The van der Waals surface area contributed by atoms with Crippen molar-refractivity contribution in [2.24, 2.45) is 5.16 Å². The third kappa shape index (κ3) is 3.31. The minimum atomic E-state index is -1.40. The number of benzene rings is 2. The molecule has 1 N–H and O–H groups in total. The molecule has 3 rings (SSSR count). The van der Waals surface area contributed by atoms with Crippen molar-refractivity contribution in [2.45, 2.75) is 13.0 Å². The molecule has 0 saturated carbocycles. The van der Waals surface area contributed by atoms with Crippen LogP contribution in [0.4, 0.5) is 17.1 Å². The summed E-state index contributed by atoms with van der Waals surface area (Å²) in [5, 5.41) is 46.5. The van der Waals surface area contributed by atoms with Gasteiger partial charge < -0.3 is 9.94 Å². The summed E-state index contributed by atoms with van der Waals surface area (Å²) in [6.45, 7) is 1.17. The Balaban J connectivity index is 2.33. The third-order valence-corrected chi connectivity index (χ3v) is 4.15. The van der Waals surface area contributed by atoms with Crippen LogP contribution in [0.5, 0.6) is 0 Å². The van der Waals surface area contributed by atoms with Crippen LogP contribution in [-0.4, -0.2) is 37.7 Å². The van der Waals surface area contributed by atoms with E-state index in [-0.39, 0.29) is 33.7 Å². The van der Waals surface area contributed by atoms with E-state index < -0.39 is 38.2 Å². The number of oxime groups is 1. The van der Waals surface area contributed by atoms with Gasteiger partial charge in [0, 0.05) is 29.3 Å². The van der Waals surface area contributed by atoms with Gasteiger partial charge in [0.15, 0.2) is 0 Å². The summed E-state index contributed by atoms with van der Waals surface area (Å²) in [5.74, 6) is -1.35. The number of fused-ring (bicyclic) bond motifs is 3. The molecule has 0 spiro atoms. The molecule has 1 aliphatic carbocycles. The van der Waals surface area contributed by atoms with Gasteiger partial charge in [0.05, 0.1) is 26.4 Å². The van der Waals surface area contributed by atoms with E-state index in [0.29, 0.717) is 0 Å². The highest BCUT2D eigenvalue weighted by atomic mass is 16.7. The lowest BCUT2D eigenvalue weighted by molar-refractivity contribution is -0.393. The SMILES string of the molecule is CC(O/N=C1/c2cc([N+](=O)[O-])ccc2-c2c1cc([N+](=O)[O-])cc2[N+](=O)[O-])C(=O)O. The molecule has 2 aromatic rings.